The summed E-state index contributed by atoms with van der Waals surface area (Å²) in [5.74, 6) is -1.93. The van der Waals surface area contributed by atoms with Crippen molar-refractivity contribution >= 4 is 29.1 Å². The number of nitrogens with one attached hydrogen (secondary N) is 2. The van der Waals surface area contributed by atoms with Crippen LogP contribution in [0.3, 0.4) is 0 Å². The molecule has 8 nitrogen and oxygen atoms in total. The summed E-state index contributed by atoms with van der Waals surface area (Å²) in [5, 5.41) is 6.40. The van der Waals surface area contributed by atoms with Crippen molar-refractivity contribution in [2.45, 2.75) is 18.0 Å². The topological polar surface area (TPSA) is 97.0 Å². The van der Waals surface area contributed by atoms with Crippen molar-refractivity contribution in [3.63, 3.8) is 0 Å². The number of anilines is 2. The summed E-state index contributed by atoms with van der Waals surface area (Å²) in [7, 11) is 3.00. The van der Waals surface area contributed by atoms with E-state index in [1.165, 1.54) is 19.1 Å². The van der Waals surface area contributed by atoms with Crippen molar-refractivity contribution in [2.24, 2.45) is 11.8 Å². The van der Waals surface area contributed by atoms with E-state index in [1.807, 2.05) is 54.6 Å². The number of benzene rings is 3. The maximum Gasteiger partial charge on any atom is 0.250 e. The third kappa shape index (κ3) is 3.01. The fourth-order valence-electron chi connectivity index (χ4n) is 6.01. The van der Waals surface area contributed by atoms with E-state index in [1.54, 1.807) is 18.2 Å². The summed E-state index contributed by atoms with van der Waals surface area (Å²) in [6.07, 6.45) is 0.487. The molecule has 8 heteroatoms. The molecule has 3 aliphatic heterocycles. The van der Waals surface area contributed by atoms with Gasteiger partial charge in [-0.05, 0) is 30.2 Å². The first-order chi connectivity index (χ1) is 17.5. The van der Waals surface area contributed by atoms with Crippen LogP contribution in [0.15, 0.2) is 72.8 Å². The quantitative estimate of drug-likeness (QED) is 0.542. The highest BCUT2D eigenvalue weighted by molar-refractivity contribution is 6.26. The van der Waals surface area contributed by atoms with Crippen LogP contribution < -0.4 is 25.0 Å². The molecule has 2 fully saturated rings. The Morgan fingerprint density at radius 3 is 2.39 bits per heavy atom. The number of hydrogen-bond donors (Lipinski definition) is 2. The minimum atomic E-state index is -1.35. The van der Waals surface area contributed by atoms with Crippen LogP contribution in [0, 0.1) is 11.8 Å². The first-order valence-electron chi connectivity index (χ1n) is 11.8. The molecule has 3 aliphatic rings. The highest BCUT2D eigenvalue weighted by Crippen LogP contribution is 2.54. The molecule has 0 saturated carbocycles. The van der Waals surface area contributed by atoms with Gasteiger partial charge >= 0.3 is 0 Å². The molecule has 3 amide bonds. The average molecular weight is 484 g/mol. The SMILES string of the molecule is COc1ccc(OC)c(N2C(=O)C3C(Cc4ccccc4)NC4(C(=O)Nc5ccccc54)C3C2=O)c1. The molecule has 3 aromatic rings. The van der Waals surface area contributed by atoms with E-state index in [-0.39, 0.29) is 11.8 Å². The van der Waals surface area contributed by atoms with Gasteiger partial charge < -0.3 is 14.8 Å². The van der Waals surface area contributed by atoms with E-state index >= 15 is 0 Å². The molecular weight excluding hydrogens is 458 g/mol. The molecule has 0 aliphatic carbocycles. The number of methoxy groups -OCH3 is 2. The van der Waals surface area contributed by atoms with Crippen LogP contribution in [0.4, 0.5) is 11.4 Å². The van der Waals surface area contributed by atoms with Crippen LogP contribution in [0.2, 0.25) is 0 Å². The number of amides is 3. The normalized spacial score (nSPS) is 26.2. The highest BCUT2D eigenvalue weighted by Gasteiger charge is 2.70. The molecule has 2 N–H and O–H groups in total. The van der Waals surface area contributed by atoms with Crippen molar-refractivity contribution in [1.82, 2.24) is 5.32 Å². The fourth-order valence-corrected chi connectivity index (χ4v) is 6.01. The van der Waals surface area contributed by atoms with E-state index in [0.29, 0.717) is 34.9 Å². The molecule has 4 unspecified atom stereocenters. The number of rotatable bonds is 5. The van der Waals surface area contributed by atoms with Crippen molar-refractivity contribution in [3.8, 4) is 11.5 Å². The van der Waals surface area contributed by atoms with E-state index < -0.39 is 29.3 Å². The van der Waals surface area contributed by atoms with Gasteiger partial charge in [0.2, 0.25) is 17.7 Å². The summed E-state index contributed by atoms with van der Waals surface area (Å²) in [6.45, 7) is 0. The number of nitrogens with zero attached hydrogens (tertiary/aromatic N) is 1. The molecule has 6 rings (SSSR count). The molecule has 0 bridgehead atoms. The van der Waals surface area contributed by atoms with Crippen molar-refractivity contribution in [1.29, 1.82) is 0 Å². The molecular formula is C28H25N3O5. The number of imide groups is 1. The summed E-state index contributed by atoms with van der Waals surface area (Å²) < 4.78 is 10.9. The molecule has 0 aromatic heterocycles. The molecule has 182 valence electrons. The number of carbonyl (C=O) groups is 3. The summed E-state index contributed by atoms with van der Waals surface area (Å²) in [5.41, 5.74) is 1.29. The van der Waals surface area contributed by atoms with E-state index in [2.05, 4.69) is 10.6 Å². The second kappa shape index (κ2) is 8.20. The largest absolute Gasteiger partial charge is 0.497 e. The van der Waals surface area contributed by atoms with Gasteiger partial charge in [-0.15, -0.1) is 0 Å². The molecule has 1 spiro atoms. The maximum atomic E-state index is 14.2. The zero-order valence-electron chi connectivity index (χ0n) is 19.9. The average Bonchev–Trinajstić information content (AvgIpc) is 3.48. The second-order valence-electron chi connectivity index (χ2n) is 9.30. The zero-order chi connectivity index (χ0) is 25.0. The Morgan fingerprint density at radius 2 is 1.64 bits per heavy atom. The Hall–Kier alpha value is -4.17. The maximum absolute atomic E-state index is 14.2. The molecule has 4 atom stereocenters. The van der Waals surface area contributed by atoms with Gasteiger partial charge in [0, 0.05) is 23.4 Å². The van der Waals surface area contributed by atoms with Crippen LogP contribution in [0.1, 0.15) is 11.1 Å². The second-order valence-corrected chi connectivity index (χ2v) is 9.30. The summed E-state index contributed by atoms with van der Waals surface area (Å²) in [6, 6.07) is 21.6. The third-order valence-corrected chi connectivity index (χ3v) is 7.55. The van der Waals surface area contributed by atoms with Gasteiger partial charge in [-0.25, -0.2) is 4.90 Å². The van der Waals surface area contributed by atoms with Crippen LogP contribution in [0.25, 0.3) is 0 Å². The van der Waals surface area contributed by atoms with Gasteiger partial charge in [0.05, 0.1) is 31.7 Å². The van der Waals surface area contributed by atoms with Gasteiger partial charge in [0.1, 0.15) is 17.0 Å². The van der Waals surface area contributed by atoms with Crippen LogP contribution in [-0.2, 0) is 26.3 Å². The smallest absolute Gasteiger partial charge is 0.250 e. The van der Waals surface area contributed by atoms with Crippen LogP contribution in [0.5, 0.6) is 11.5 Å². The first kappa shape index (κ1) is 22.3. The number of carbonyl (C=O) groups excluding carboxylic acids is 3. The van der Waals surface area contributed by atoms with E-state index in [0.717, 1.165) is 5.56 Å². The third-order valence-electron chi connectivity index (χ3n) is 7.55. The highest BCUT2D eigenvalue weighted by atomic mass is 16.5. The Labute approximate surface area is 208 Å². The molecule has 3 aromatic carbocycles. The summed E-state index contributed by atoms with van der Waals surface area (Å²) >= 11 is 0. The fraction of sp³-hybridized carbons (Fsp3) is 0.250. The predicted octanol–water partition coefficient (Wildman–Crippen LogP) is 2.87. The lowest BCUT2D eigenvalue weighted by Gasteiger charge is -2.30. The number of hydrogen-bond acceptors (Lipinski definition) is 6. The Bertz CT molecular complexity index is 1390. The Balaban J connectivity index is 1.51. The van der Waals surface area contributed by atoms with Gasteiger partial charge in [-0.2, -0.15) is 0 Å². The minimum absolute atomic E-state index is 0.307. The molecule has 2 saturated heterocycles. The monoisotopic (exact) mass is 483 g/mol. The van der Waals surface area contributed by atoms with Crippen molar-refractivity contribution in [3.05, 3.63) is 83.9 Å². The first-order valence-corrected chi connectivity index (χ1v) is 11.8. The van der Waals surface area contributed by atoms with Crippen LogP contribution in [-0.4, -0.2) is 38.0 Å². The van der Waals surface area contributed by atoms with Gasteiger partial charge in [-0.1, -0.05) is 48.5 Å². The molecule has 36 heavy (non-hydrogen) atoms. The number of ether oxygens (including phenoxy) is 2. The lowest BCUT2D eigenvalue weighted by Crippen LogP contribution is -2.53. The zero-order valence-corrected chi connectivity index (χ0v) is 19.9. The van der Waals surface area contributed by atoms with Gasteiger partial charge in [0.25, 0.3) is 0 Å². The summed E-state index contributed by atoms with van der Waals surface area (Å²) in [4.78, 5) is 43.0. The van der Waals surface area contributed by atoms with Crippen molar-refractivity contribution < 1.29 is 23.9 Å². The van der Waals surface area contributed by atoms with Gasteiger partial charge in [-0.3, -0.25) is 19.7 Å². The lowest BCUT2D eigenvalue weighted by molar-refractivity contribution is -0.130. The predicted molar refractivity (Wildman–Crippen MR) is 133 cm³/mol. The Morgan fingerprint density at radius 1 is 0.889 bits per heavy atom. The number of para-hydroxylation sites is 1. The standard InChI is InChI=1S/C28H25N3O5/c1-35-17-12-13-22(36-2)21(15-17)31-25(32)23-20(14-16-8-4-3-5-9-16)30-28(24(23)26(31)33)18-10-6-7-11-19(18)29-27(28)34/h3-13,15,20,23-24,30H,14H2,1-2H3,(H,29,34). The van der Waals surface area contributed by atoms with Crippen LogP contribution >= 0.6 is 0 Å². The number of fused-ring (bicyclic) bond motifs is 4. The molecule has 3 heterocycles. The minimum Gasteiger partial charge on any atom is -0.497 e. The molecule has 0 radical (unpaired) electrons. The van der Waals surface area contributed by atoms with Crippen molar-refractivity contribution in [2.75, 3.05) is 24.4 Å². The van der Waals surface area contributed by atoms with E-state index in [4.69, 9.17) is 9.47 Å². The Kier molecular flexibility index (Phi) is 5.08. The van der Waals surface area contributed by atoms with E-state index in [9.17, 15) is 14.4 Å². The van der Waals surface area contributed by atoms with Gasteiger partial charge in [0.15, 0.2) is 0 Å². The lowest BCUT2D eigenvalue weighted by atomic mass is 9.76.